The number of nitrogens with zero attached hydrogens (tertiary/aromatic N) is 3. The van der Waals surface area contributed by atoms with Crippen LogP contribution in [0.1, 0.15) is 89.8 Å². The minimum atomic E-state index is 0.621. The van der Waals surface area contributed by atoms with Gasteiger partial charge in [0.1, 0.15) is 5.82 Å². The molecule has 0 N–H and O–H groups in total. The van der Waals surface area contributed by atoms with E-state index in [1.54, 1.807) is 0 Å². The van der Waals surface area contributed by atoms with E-state index in [1.807, 2.05) is 6.07 Å². The highest BCUT2D eigenvalue weighted by molar-refractivity contribution is 6.31. The molecule has 28 heavy (non-hydrogen) atoms. The molecular formula is C24H38ClN3. The lowest BCUT2D eigenvalue weighted by atomic mass is 9.88. The van der Waals surface area contributed by atoms with Crippen molar-refractivity contribution in [2.75, 3.05) is 19.6 Å². The standard InChI is InChI=1S/C24H38ClN3/c1-3-5-15-27(16-6-4-2)17-10-18-28-23-19-21(25)13-14-22(23)26-24(28)20-11-8-7-9-12-20/h13-14,19-20H,3-12,15-18H2,1-2H3. The lowest BCUT2D eigenvalue weighted by Crippen LogP contribution is -2.28. The van der Waals surface area contributed by atoms with Crippen molar-refractivity contribution in [1.29, 1.82) is 0 Å². The molecule has 0 spiro atoms. The zero-order valence-electron chi connectivity index (χ0n) is 17.9. The van der Waals surface area contributed by atoms with Gasteiger partial charge in [-0.25, -0.2) is 4.98 Å². The van der Waals surface area contributed by atoms with Gasteiger partial charge in [0.15, 0.2) is 0 Å². The molecule has 0 amide bonds. The highest BCUT2D eigenvalue weighted by Crippen LogP contribution is 2.34. The van der Waals surface area contributed by atoms with Gasteiger partial charge in [0.2, 0.25) is 0 Å². The van der Waals surface area contributed by atoms with Crippen molar-refractivity contribution in [3.63, 3.8) is 0 Å². The fourth-order valence-corrected chi connectivity index (χ4v) is 4.74. The van der Waals surface area contributed by atoms with Crippen LogP contribution in [0.4, 0.5) is 0 Å². The van der Waals surface area contributed by atoms with E-state index in [2.05, 4.69) is 35.4 Å². The Balaban J connectivity index is 1.73. The van der Waals surface area contributed by atoms with Gasteiger partial charge in [-0.05, 0) is 69.9 Å². The van der Waals surface area contributed by atoms with Gasteiger partial charge in [-0.15, -0.1) is 0 Å². The molecule has 1 fully saturated rings. The Kier molecular flexibility index (Phi) is 8.66. The number of aryl methyl sites for hydroxylation is 1. The number of fused-ring (bicyclic) bond motifs is 1. The quantitative estimate of drug-likeness (QED) is 0.401. The van der Waals surface area contributed by atoms with E-state index in [-0.39, 0.29) is 0 Å². The highest BCUT2D eigenvalue weighted by atomic mass is 35.5. The molecule has 0 saturated heterocycles. The zero-order chi connectivity index (χ0) is 19.8. The van der Waals surface area contributed by atoms with E-state index in [0.717, 1.165) is 17.1 Å². The van der Waals surface area contributed by atoms with Crippen molar-refractivity contribution >= 4 is 22.6 Å². The van der Waals surface area contributed by atoms with Crippen molar-refractivity contribution in [3.05, 3.63) is 29.0 Å². The smallest absolute Gasteiger partial charge is 0.112 e. The van der Waals surface area contributed by atoms with E-state index in [0.29, 0.717) is 5.92 Å². The molecule has 1 aromatic carbocycles. The first-order valence-electron chi connectivity index (χ1n) is 11.6. The first-order chi connectivity index (χ1) is 13.7. The van der Waals surface area contributed by atoms with Gasteiger partial charge in [-0.2, -0.15) is 0 Å². The third-order valence-electron chi connectivity index (χ3n) is 6.22. The second-order valence-electron chi connectivity index (χ2n) is 8.49. The van der Waals surface area contributed by atoms with Gasteiger partial charge in [-0.3, -0.25) is 0 Å². The molecule has 156 valence electrons. The van der Waals surface area contributed by atoms with E-state index < -0.39 is 0 Å². The molecule has 1 aliphatic rings. The predicted octanol–water partition coefficient (Wildman–Crippen LogP) is 7.03. The normalized spacial score (nSPS) is 15.7. The third-order valence-corrected chi connectivity index (χ3v) is 6.46. The van der Waals surface area contributed by atoms with Gasteiger partial charge in [0.25, 0.3) is 0 Å². The minimum Gasteiger partial charge on any atom is -0.328 e. The number of aromatic nitrogens is 2. The van der Waals surface area contributed by atoms with Crippen molar-refractivity contribution in [1.82, 2.24) is 14.5 Å². The van der Waals surface area contributed by atoms with Crippen molar-refractivity contribution in [2.45, 2.75) is 90.5 Å². The van der Waals surface area contributed by atoms with Crippen LogP contribution >= 0.6 is 11.6 Å². The Morgan fingerprint density at radius 3 is 2.36 bits per heavy atom. The summed E-state index contributed by atoms with van der Waals surface area (Å²) in [4.78, 5) is 7.73. The number of hydrogen-bond donors (Lipinski definition) is 0. The maximum atomic E-state index is 6.34. The second-order valence-corrected chi connectivity index (χ2v) is 8.93. The van der Waals surface area contributed by atoms with Crippen molar-refractivity contribution in [3.8, 4) is 0 Å². The van der Waals surface area contributed by atoms with E-state index in [1.165, 1.54) is 95.2 Å². The lowest BCUT2D eigenvalue weighted by molar-refractivity contribution is 0.257. The van der Waals surface area contributed by atoms with Gasteiger partial charge in [0.05, 0.1) is 11.0 Å². The average Bonchev–Trinajstić information content (AvgIpc) is 3.08. The van der Waals surface area contributed by atoms with Crippen LogP contribution in [0.5, 0.6) is 0 Å². The molecule has 1 aliphatic carbocycles. The fourth-order valence-electron chi connectivity index (χ4n) is 4.57. The number of imidazole rings is 1. The van der Waals surface area contributed by atoms with Crippen molar-refractivity contribution in [2.24, 2.45) is 0 Å². The molecule has 1 saturated carbocycles. The summed E-state index contributed by atoms with van der Waals surface area (Å²) in [5.41, 5.74) is 2.33. The van der Waals surface area contributed by atoms with Crippen molar-refractivity contribution < 1.29 is 0 Å². The van der Waals surface area contributed by atoms with Gasteiger partial charge < -0.3 is 9.47 Å². The average molecular weight is 404 g/mol. The minimum absolute atomic E-state index is 0.621. The monoisotopic (exact) mass is 403 g/mol. The maximum Gasteiger partial charge on any atom is 0.112 e. The zero-order valence-corrected chi connectivity index (χ0v) is 18.7. The highest BCUT2D eigenvalue weighted by Gasteiger charge is 2.22. The Morgan fingerprint density at radius 2 is 1.68 bits per heavy atom. The molecule has 0 aliphatic heterocycles. The fraction of sp³-hybridized carbons (Fsp3) is 0.708. The van der Waals surface area contributed by atoms with Crippen LogP contribution in [0.25, 0.3) is 11.0 Å². The molecule has 3 nitrogen and oxygen atoms in total. The molecule has 1 heterocycles. The summed E-state index contributed by atoms with van der Waals surface area (Å²) in [7, 11) is 0. The second kappa shape index (κ2) is 11.2. The topological polar surface area (TPSA) is 21.1 Å². The number of benzene rings is 1. The molecule has 0 radical (unpaired) electrons. The van der Waals surface area contributed by atoms with Crippen LogP contribution in [-0.4, -0.2) is 34.1 Å². The molecule has 4 heteroatoms. The number of hydrogen-bond acceptors (Lipinski definition) is 2. The molecule has 3 rings (SSSR count). The Labute approximate surface area is 176 Å². The molecule has 2 aromatic rings. The predicted molar refractivity (Wildman–Crippen MR) is 121 cm³/mol. The largest absolute Gasteiger partial charge is 0.328 e. The van der Waals surface area contributed by atoms with Gasteiger partial charge in [-0.1, -0.05) is 57.6 Å². The van der Waals surface area contributed by atoms with Crippen LogP contribution in [0, 0.1) is 0 Å². The SMILES string of the molecule is CCCCN(CCCC)CCCn1c(C2CCCCC2)nc2ccc(Cl)cc21. The first kappa shape index (κ1) is 21.6. The Bertz CT molecular complexity index is 710. The van der Waals surface area contributed by atoms with Crippen LogP contribution in [0.15, 0.2) is 18.2 Å². The lowest BCUT2D eigenvalue weighted by Gasteiger charge is -2.24. The summed E-state index contributed by atoms with van der Waals surface area (Å²) in [5, 5.41) is 0.816. The molecule has 1 aromatic heterocycles. The first-order valence-corrected chi connectivity index (χ1v) is 12.0. The third kappa shape index (κ3) is 5.73. The summed E-state index contributed by atoms with van der Waals surface area (Å²) in [5.74, 6) is 1.93. The van der Waals surface area contributed by atoms with Crippen LogP contribution in [-0.2, 0) is 6.54 Å². The number of halogens is 1. The van der Waals surface area contributed by atoms with Crippen LogP contribution < -0.4 is 0 Å². The van der Waals surface area contributed by atoms with Crippen LogP contribution in [0.3, 0.4) is 0 Å². The number of unbranched alkanes of at least 4 members (excludes halogenated alkanes) is 2. The molecule has 0 atom stereocenters. The molecule has 0 unspecified atom stereocenters. The van der Waals surface area contributed by atoms with E-state index in [4.69, 9.17) is 16.6 Å². The number of rotatable bonds is 11. The van der Waals surface area contributed by atoms with Gasteiger partial charge in [0, 0.05) is 17.5 Å². The summed E-state index contributed by atoms with van der Waals surface area (Å²) in [6, 6.07) is 6.18. The Hall–Kier alpha value is -1.06. The van der Waals surface area contributed by atoms with Gasteiger partial charge >= 0.3 is 0 Å². The van der Waals surface area contributed by atoms with Crippen LogP contribution in [0.2, 0.25) is 5.02 Å². The summed E-state index contributed by atoms with van der Waals surface area (Å²) >= 11 is 6.34. The molecular weight excluding hydrogens is 366 g/mol. The summed E-state index contributed by atoms with van der Waals surface area (Å²) < 4.78 is 2.50. The summed E-state index contributed by atoms with van der Waals surface area (Å²) in [6.07, 6.45) is 13.0. The van der Waals surface area contributed by atoms with E-state index in [9.17, 15) is 0 Å². The Morgan fingerprint density at radius 1 is 1.00 bits per heavy atom. The summed E-state index contributed by atoms with van der Waals surface area (Å²) in [6.45, 7) is 9.29. The van der Waals surface area contributed by atoms with E-state index >= 15 is 0 Å². The maximum absolute atomic E-state index is 6.34. The molecule has 0 bridgehead atoms.